The van der Waals surface area contributed by atoms with Crippen LogP contribution in [0.1, 0.15) is 29.0 Å². The van der Waals surface area contributed by atoms with Crippen molar-refractivity contribution in [3.05, 3.63) is 102 Å². The smallest absolute Gasteiger partial charge is 0.190 e. The lowest BCUT2D eigenvalue weighted by Gasteiger charge is -2.19. The molecule has 152 valence electrons. The second-order valence-corrected chi connectivity index (χ2v) is 6.70. The topological polar surface area (TPSA) is 49.3 Å². The molecule has 0 spiro atoms. The third kappa shape index (κ3) is 7.49. The van der Waals surface area contributed by atoms with Crippen molar-refractivity contribution in [2.75, 3.05) is 20.1 Å². The largest absolute Gasteiger partial charge is 0.356 e. The highest BCUT2D eigenvalue weighted by Gasteiger charge is 2.13. The molecule has 2 N–H and O–H groups in total. The molecule has 0 radical (unpaired) electrons. The van der Waals surface area contributed by atoms with Gasteiger partial charge in [-0.05, 0) is 35.6 Å². The van der Waals surface area contributed by atoms with Crippen LogP contribution in [-0.2, 0) is 6.42 Å². The zero-order valence-corrected chi connectivity index (χ0v) is 19.1. The van der Waals surface area contributed by atoms with E-state index in [0.29, 0.717) is 5.92 Å². The zero-order valence-electron chi connectivity index (χ0n) is 16.8. The first-order valence-corrected chi connectivity index (χ1v) is 9.80. The van der Waals surface area contributed by atoms with Crippen LogP contribution in [0.25, 0.3) is 0 Å². The van der Waals surface area contributed by atoms with E-state index in [9.17, 15) is 0 Å². The molecular weight excluding hydrogens is 471 g/mol. The average molecular weight is 500 g/mol. The first-order chi connectivity index (χ1) is 13.9. The van der Waals surface area contributed by atoms with Crippen LogP contribution in [0.4, 0.5) is 0 Å². The Morgan fingerprint density at radius 1 is 0.862 bits per heavy atom. The second kappa shape index (κ2) is 12.9. The number of hydrogen-bond acceptors (Lipinski definition) is 2. The number of nitrogens with one attached hydrogen (secondary N) is 2. The van der Waals surface area contributed by atoms with E-state index < -0.39 is 0 Å². The molecule has 0 atom stereocenters. The van der Waals surface area contributed by atoms with Gasteiger partial charge in [-0.1, -0.05) is 66.7 Å². The number of hydrogen-bond donors (Lipinski definition) is 2. The number of pyridine rings is 1. The van der Waals surface area contributed by atoms with Gasteiger partial charge in [0, 0.05) is 38.4 Å². The summed E-state index contributed by atoms with van der Waals surface area (Å²) in [6, 6.07) is 25.5. The Morgan fingerprint density at radius 3 is 2.03 bits per heavy atom. The van der Waals surface area contributed by atoms with Crippen molar-refractivity contribution in [2.24, 2.45) is 4.99 Å². The first-order valence-electron chi connectivity index (χ1n) is 9.80. The summed E-state index contributed by atoms with van der Waals surface area (Å²) < 4.78 is 0. The van der Waals surface area contributed by atoms with Crippen molar-refractivity contribution < 1.29 is 0 Å². The monoisotopic (exact) mass is 500 g/mol. The molecule has 1 aromatic heterocycles. The quantitative estimate of drug-likeness (QED) is 0.270. The fourth-order valence-electron chi connectivity index (χ4n) is 3.32. The van der Waals surface area contributed by atoms with Gasteiger partial charge in [-0.15, -0.1) is 24.0 Å². The van der Waals surface area contributed by atoms with Crippen molar-refractivity contribution in [1.29, 1.82) is 0 Å². The Kier molecular flexibility index (Phi) is 10.2. The average Bonchev–Trinajstić information content (AvgIpc) is 2.77. The molecule has 0 unspecified atom stereocenters. The minimum Gasteiger partial charge on any atom is -0.356 e. The molecule has 4 nitrogen and oxygen atoms in total. The lowest BCUT2D eigenvalue weighted by Crippen LogP contribution is -2.39. The fourth-order valence-corrected chi connectivity index (χ4v) is 3.32. The van der Waals surface area contributed by atoms with Gasteiger partial charge in [-0.25, -0.2) is 0 Å². The van der Waals surface area contributed by atoms with Crippen molar-refractivity contribution in [3.63, 3.8) is 0 Å². The van der Waals surface area contributed by atoms with Crippen LogP contribution in [0.2, 0.25) is 0 Å². The standard InChI is InChI=1S/C24H28N4.HI/c1-25-24(27-17-14-20-9-8-16-26-19-20)28-18-15-23(21-10-4-2-5-11-21)22-12-6-3-7-13-22;/h2-13,16,19,23H,14-15,17-18H2,1H3,(H2,25,27,28);1H. The van der Waals surface area contributed by atoms with Crippen LogP contribution in [0.15, 0.2) is 90.2 Å². The molecule has 0 saturated carbocycles. The molecule has 1 heterocycles. The van der Waals surface area contributed by atoms with Crippen LogP contribution in [-0.4, -0.2) is 31.1 Å². The molecule has 0 saturated heterocycles. The van der Waals surface area contributed by atoms with E-state index in [1.807, 2.05) is 19.3 Å². The van der Waals surface area contributed by atoms with Crippen LogP contribution in [0.3, 0.4) is 0 Å². The Labute approximate surface area is 190 Å². The summed E-state index contributed by atoms with van der Waals surface area (Å²) in [5.41, 5.74) is 3.91. The molecule has 29 heavy (non-hydrogen) atoms. The maximum atomic E-state index is 4.34. The van der Waals surface area contributed by atoms with E-state index in [0.717, 1.165) is 31.9 Å². The molecule has 0 bridgehead atoms. The summed E-state index contributed by atoms with van der Waals surface area (Å²) >= 11 is 0. The first kappa shape index (κ1) is 22.9. The molecule has 0 aliphatic heterocycles. The van der Waals surface area contributed by atoms with Gasteiger partial charge in [0.05, 0.1) is 0 Å². The minimum absolute atomic E-state index is 0. The predicted molar refractivity (Wildman–Crippen MR) is 132 cm³/mol. The second-order valence-electron chi connectivity index (χ2n) is 6.70. The number of halogens is 1. The lowest BCUT2D eigenvalue weighted by molar-refractivity contribution is 0.678. The van der Waals surface area contributed by atoms with E-state index in [4.69, 9.17) is 0 Å². The van der Waals surface area contributed by atoms with Gasteiger partial charge in [-0.3, -0.25) is 9.98 Å². The number of guanidine groups is 1. The predicted octanol–water partition coefficient (Wildman–Crippen LogP) is 4.63. The summed E-state index contributed by atoms with van der Waals surface area (Å²) in [5, 5.41) is 6.83. The van der Waals surface area contributed by atoms with E-state index in [1.54, 1.807) is 6.20 Å². The Balaban J connectivity index is 0.00000300. The molecule has 0 aliphatic carbocycles. The molecule has 3 aromatic rings. The normalized spacial score (nSPS) is 11.0. The van der Waals surface area contributed by atoms with Gasteiger partial charge in [0.1, 0.15) is 0 Å². The Hall–Kier alpha value is -2.41. The van der Waals surface area contributed by atoms with Crippen LogP contribution in [0, 0.1) is 0 Å². The minimum atomic E-state index is 0. The SMILES string of the molecule is CN=C(NCCc1cccnc1)NCCC(c1ccccc1)c1ccccc1.I. The highest BCUT2D eigenvalue weighted by atomic mass is 127. The van der Waals surface area contributed by atoms with E-state index >= 15 is 0 Å². The van der Waals surface area contributed by atoms with Gasteiger partial charge in [0.2, 0.25) is 0 Å². The van der Waals surface area contributed by atoms with Crippen LogP contribution in [0.5, 0.6) is 0 Å². The number of rotatable bonds is 8. The molecule has 3 rings (SSSR count). The van der Waals surface area contributed by atoms with Crippen LogP contribution < -0.4 is 10.6 Å². The summed E-state index contributed by atoms with van der Waals surface area (Å²) in [6.07, 6.45) is 5.62. The van der Waals surface area contributed by atoms with Gasteiger partial charge in [0.25, 0.3) is 0 Å². The van der Waals surface area contributed by atoms with Crippen molar-refractivity contribution in [2.45, 2.75) is 18.8 Å². The number of nitrogens with zero attached hydrogens (tertiary/aromatic N) is 2. The number of benzene rings is 2. The summed E-state index contributed by atoms with van der Waals surface area (Å²) in [5.74, 6) is 1.20. The number of aromatic nitrogens is 1. The molecule has 0 aliphatic rings. The molecule has 5 heteroatoms. The summed E-state index contributed by atoms with van der Waals surface area (Å²) in [7, 11) is 1.81. The Bertz CT molecular complexity index is 799. The van der Waals surface area contributed by atoms with Crippen molar-refractivity contribution in [3.8, 4) is 0 Å². The summed E-state index contributed by atoms with van der Waals surface area (Å²) in [6.45, 7) is 1.67. The van der Waals surface area contributed by atoms with Crippen molar-refractivity contribution in [1.82, 2.24) is 15.6 Å². The fraction of sp³-hybridized carbons (Fsp3) is 0.250. The van der Waals surface area contributed by atoms with Gasteiger partial charge in [0.15, 0.2) is 5.96 Å². The molecule has 0 amide bonds. The highest BCUT2D eigenvalue weighted by molar-refractivity contribution is 14.0. The van der Waals surface area contributed by atoms with E-state index in [2.05, 4.69) is 87.3 Å². The number of aliphatic imine (C=N–C) groups is 1. The zero-order chi connectivity index (χ0) is 19.4. The maximum absolute atomic E-state index is 4.34. The highest BCUT2D eigenvalue weighted by Crippen LogP contribution is 2.27. The third-order valence-corrected chi connectivity index (χ3v) is 4.78. The van der Waals surface area contributed by atoms with Crippen molar-refractivity contribution >= 4 is 29.9 Å². The maximum Gasteiger partial charge on any atom is 0.190 e. The third-order valence-electron chi connectivity index (χ3n) is 4.78. The van der Waals surface area contributed by atoms with Crippen LogP contribution >= 0.6 is 24.0 Å². The van der Waals surface area contributed by atoms with Gasteiger partial charge in [-0.2, -0.15) is 0 Å². The van der Waals surface area contributed by atoms with E-state index in [-0.39, 0.29) is 24.0 Å². The van der Waals surface area contributed by atoms with Gasteiger partial charge >= 0.3 is 0 Å². The molecule has 0 fully saturated rings. The molecule has 2 aromatic carbocycles. The lowest BCUT2D eigenvalue weighted by atomic mass is 9.88. The van der Waals surface area contributed by atoms with E-state index in [1.165, 1.54) is 16.7 Å². The molecular formula is C24H29IN4. The van der Waals surface area contributed by atoms with Gasteiger partial charge < -0.3 is 10.6 Å². The Morgan fingerprint density at radius 2 is 1.48 bits per heavy atom. The summed E-state index contributed by atoms with van der Waals surface area (Å²) in [4.78, 5) is 8.50.